The van der Waals surface area contributed by atoms with E-state index in [1.807, 2.05) is 4.90 Å². The van der Waals surface area contributed by atoms with Crippen LogP contribution in [0.5, 0.6) is 0 Å². The lowest BCUT2D eigenvalue weighted by molar-refractivity contribution is -0.136. The summed E-state index contributed by atoms with van der Waals surface area (Å²) in [6.07, 6.45) is 4.86. The van der Waals surface area contributed by atoms with Crippen LogP contribution >= 0.6 is 0 Å². The molecule has 1 amide bonds. The Bertz CT molecular complexity index is 838. The molecule has 1 aliphatic carbocycles. The topological polar surface area (TPSA) is 75.5 Å². The summed E-state index contributed by atoms with van der Waals surface area (Å²) in [5, 5.41) is 4.26. The van der Waals surface area contributed by atoms with Crippen molar-refractivity contribution in [3.63, 3.8) is 0 Å². The van der Waals surface area contributed by atoms with Gasteiger partial charge < -0.3 is 4.90 Å². The second-order valence-electron chi connectivity index (χ2n) is 9.06. The number of rotatable bonds is 4. The SMILES string of the molecule is Cc1nn(C)c(C)c1S(=O)(=O)N1CCCN(C(=O)C2CCC(C(C)C)CC2)CC1. The molecule has 1 aliphatic heterocycles. The van der Waals surface area contributed by atoms with Crippen LogP contribution in [0.3, 0.4) is 0 Å². The first-order valence-electron chi connectivity index (χ1n) is 10.9. The molecule has 0 spiro atoms. The number of hydrogen-bond donors (Lipinski definition) is 0. The number of hydrogen-bond acceptors (Lipinski definition) is 4. The van der Waals surface area contributed by atoms with Crippen LogP contribution in [-0.2, 0) is 21.9 Å². The molecule has 1 saturated carbocycles. The second kappa shape index (κ2) is 8.76. The fraction of sp³-hybridized carbons (Fsp3) is 0.810. The van der Waals surface area contributed by atoms with E-state index in [-0.39, 0.29) is 11.8 Å². The molecule has 164 valence electrons. The molecule has 2 fully saturated rings. The normalized spacial score (nSPS) is 24.7. The summed E-state index contributed by atoms with van der Waals surface area (Å²) in [5.74, 6) is 1.74. The van der Waals surface area contributed by atoms with Crippen LogP contribution in [0, 0.1) is 31.6 Å². The third-order valence-electron chi connectivity index (χ3n) is 6.87. The monoisotopic (exact) mass is 424 g/mol. The third kappa shape index (κ3) is 4.53. The van der Waals surface area contributed by atoms with Crippen molar-refractivity contribution in [2.75, 3.05) is 26.2 Å². The first-order valence-corrected chi connectivity index (χ1v) is 12.4. The Kier molecular flexibility index (Phi) is 6.73. The van der Waals surface area contributed by atoms with E-state index in [1.54, 1.807) is 25.6 Å². The molecule has 2 aliphatic rings. The first kappa shape index (κ1) is 22.3. The van der Waals surface area contributed by atoms with E-state index in [2.05, 4.69) is 18.9 Å². The minimum Gasteiger partial charge on any atom is -0.341 e. The maximum absolute atomic E-state index is 13.2. The average Bonchev–Trinajstić information content (AvgIpc) is 2.85. The van der Waals surface area contributed by atoms with Gasteiger partial charge in [0, 0.05) is 39.1 Å². The molecule has 0 N–H and O–H groups in total. The molecule has 0 aromatic carbocycles. The molecular weight excluding hydrogens is 388 g/mol. The zero-order chi connectivity index (χ0) is 21.3. The lowest BCUT2D eigenvalue weighted by atomic mass is 9.76. The van der Waals surface area contributed by atoms with Crippen LogP contribution in [0.25, 0.3) is 0 Å². The highest BCUT2D eigenvalue weighted by molar-refractivity contribution is 7.89. The van der Waals surface area contributed by atoms with E-state index in [0.29, 0.717) is 54.8 Å². The highest BCUT2D eigenvalue weighted by Crippen LogP contribution is 2.34. The fourth-order valence-corrected chi connectivity index (χ4v) is 6.77. The Morgan fingerprint density at radius 3 is 2.24 bits per heavy atom. The number of amides is 1. The van der Waals surface area contributed by atoms with Gasteiger partial charge in [-0.1, -0.05) is 13.8 Å². The van der Waals surface area contributed by atoms with Gasteiger partial charge in [-0.3, -0.25) is 9.48 Å². The number of carbonyl (C=O) groups excluding carboxylic acids is 1. The molecule has 1 saturated heterocycles. The maximum atomic E-state index is 13.2. The van der Waals surface area contributed by atoms with Gasteiger partial charge in [-0.2, -0.15) is 9.40 Å². The largest absolute Gasteiger partial charge is 0.341 e. The smallest absolute Gasteiger partial charge is 0.246 e. The minimum atomic E-state index is -3.60. The number of nitrogens with zero attached hydrogens (tertiary/aromatic N) is 4. The highest BCUT2D eigenvalue weighted by Gasteiger charge is 2.35. The quantitative estimate of drug-likeness (QED) is 0.745. The summed E-state index contributed by atoms with van der Waals surface area (Å²) in [6, 6.07) is 0. The van der Waals surface area contributed by atoms with Gasteiger partial charge in [0.1, 0.15) is 4.90 Å². The van der Waals surface area contributed by atoms with Crippen molar-refractivity contribution in [3.05, 3.63) is 11.4 Å². The van der Waals surface area contributed by atoms with Crippen molar-refractivity contribution < 1.29 is 13.2 Å². The van der Waals surface area contributed by atoms with Gasteiger partial charge in [0.15, 0.2) is 0 Å². The number of aromatic nitrogens is 2. The summed E-state index contributed by atoms with van der Waals surface area (Å²) in [7, 11) is -1.84. The summed E-state index contributed by atoms with van der Waals surface area (Å²) in [6.45, 7) is 9.96. The molecule has 3 rings (SSSR count). The van der Waals surface area contributed by atoms with Gasteiger partial charge in [0.25, 0.3) is 0 Å². The lowest BCUT2D eigenvalue weighted by Crippen LogP contribution is -2.41. The summed E-state index contributed by atoms with van der Waals surface area (Å²) in [4.78, 5) is 15.3. The maximum Gasteiger partial charge on any atom is 0.246 e. The molecule has 0 atom stereocenters. The number of carbonyl (C=O) groups is 1. The molecule has 0 radical (unpaired) electrons. The molecule has 8 heteroatoms. The van der Waals surface area contributed by atoms with Crippen molar-refractivity contribution in [2.24, 2.45) is 24.8 Å². The van der Waals surface area contributed by atoms with Crippen molar-refractivity contribution >= 4 is 15.9 Å². The van der Waals surface area contributed by atoms with Crippen molar-refractivity contribution in [1.82, 2.24) is 19.0 Å². The first-order chi connectivity index (χ1) is 13.6. The summed E-state index contributed by atoms with van der Waals surface area (Å²) >= 11 is 0. The Labute approximate surface area is 175 Å². The van der Waals surface area contributed by atoms with Gasteiger partial charge in [0.2, 0.25) is 15.9 Å². The van der Waals surface area contributed by atoms with Crippen molar-refractivity contribution in [3.8, 4) is 0 Å². The van der Waals surface area contributed by atoms with E-state index in [0.717, 1.165) is 31.6 Å². The van der Waals surface area contributed by atoms with Gasteiger partial charge >= 0.3 is 0 Å². The molecule has 7 nitrogen and oxygen atoms in total. The van der Waals surface area contributed by atoms with E-state index >= 15 is 0 Å². The molecule has 1 aromatic rings. The molecular formula is C21H36N4O3S. The molecule has 1 aromatic heterocycles. The van der Waals surface area contributed by atoms with Crippen LogP contribution < -0.4 is 0 Å². The van der Waals surface area contributed by atoms with Crippen LogP contribution in [0.1, 0.15) is 57.3 Å². The fourth-order valence-electron chi connectivity index (χ4n) is 4.90. The van der Waals surface area contributed by atoms with Crippen LogP contribution in [-0.4, -0.2) is 59.5 Å². The van der Waals surface area contributed by atoms with Gasteiger partial charge in [0.05, 0.1) is 11.4 Å². The minimum absolute atomic E-state index is 0.107. The summed E-state index contributed by atoms with van der Waals surface area (Å²) < 4.78 is 29.6. The van der Waals surface area contributed by atoms with Crippen LogP contribution in [0.15, 0.2) is 4.90 Å². The van der Waals surface area contributed by atoms with Gasteiger partial charge in [-0.25, -0.2) is 8.42 Å². The molecule has 2 heterocycles. The molecule has 0 bridgehead atoms. The third-order valence-corrected chi connectivity index (χ3v) is 9.02. The molecule has 0 unspecified atom stereocenters. The van der Waals surface area contributed by atoms with Crippen molar-refractivity contribution in [1.29, 1.82) is 0 Å². The summed E-state index contributed by atoms with van der Waals surface area (Å²) in [5.41, 5.74) is 1.19. The van der Waals surface area contributed by atoms with E-state index in [9.17, 15) is 13.2 Å². The van der Waals surface area contributed by atoms with Crippen molar-refractivity contribution in [2.45, 2.75) is 64.7 Å². The van der Waals surface area contributed by atoms with E-state index in [1.165, 1.54) is 4.31 Å². The average molecular weight is 425 g/mol. The Morgan fingerprint density at radius 1 is 1.03 bits per heavy atom. The second-order valence-corrected chi connectivity index (χ2v) is 10.9. The van der Waals surface area contributed by atoms with Crippen LogP contribution in [0.2, 0.25) is 0 Å². The predicted octanol–water partition coefficient (Wildman–Crippen LogP) is 2.72. The van der Waals surface area contributed by atoms with E-state index in [4.69, 9.17) is 0 Å². The Morgan fingerprint density at radius 2 is 1.69 bits per heavy atom. The number of sulfonamides is 1. The lowest BCUT2D eigenvalue weighted by Gasteiger charge is -2.33. The van der Waals surface area contributed by atoms with E-state index < -0.39 is 10.0 Å². The zero-order valence-corrected chi connectivity index (χ0v) is 19.3. The predicted molar refractivity (Wildman–Crippen MR) is 113 cm³/mol. The highest BCUT2D eigenvalue weighted by atomic mass is 32.2. The van der Waals surface area contributed by atoms with Crippen LogP contribution in [0.4, 0.5) is 0 Å². The number of aryl methyl sites for hydroxylation is 2. The Hall–Kier alpha value is -1.41. The van der Waals surface area contributed by atoms with Gasteiger partial charge in [-0.15, -0.1) is 0 Å². The molecule has 29 heavy (non-hydrogen) atoms. The standard InChI is InChI=1S/C21H36N4O3S/c1-15(2)18-7-9-19(10-8-18)21(26)24-11-6-12-25(14-13-24)29(27,28)20-16(3)22-23(5)17(20)4/h15,18-19H,6-14H2,1-5H3. The zero-order valence-electron chi connectivity index (χ0n) is 18.5. The van der Waals surface area contributed by atoms with Gasteiger partial charge in [-0.05, 0) is 57.8 Å². The Balaban J connectivity index is 1.65.